The number of rotatable bonds is 7. The van der Waals surface area contributed by atoms with Gasteiger partial charge in [-0.15, -0.1) is 28.1 Å². The minimum absolute atomic E-state index is 0.262. The van der Waals surface area contributed by atoms with Gasteiger partial charge in [0.05, 0.1) is 12.2 Å². The third-order valence-corrected chi connectivity index (χ3v) is 5.20. The van der Waals surface area contributed by atoms with Crippen molar-refractivity contribution in [3.05, 3.63) is 34.5 Å². The quantitative estimate of drug-likeness (QED) is 0.458. The zero-order valence-corrected chi connectivity index (χ0v) is 15.0. The lowest BCUT2D eigenvalue weighted by atomic mass is 10.2. The van der Waals surface area contributed by atoms with Crippen molar-refractivity contribution in [3.8, 4) is 6.07 Å². The monoisotopic (exact) mass is 363 g/mol. The van der Waals surface area contributed by atoms with Gasteiger partial charge in [-0.1, -0.05) is 17.8 Å². The van der Waals surface area contributed by atoms with E-state index in [1.807, 2.05) is 11.5 Å². The summed E-state index contributed by atoms with van der Waals surface area (Å²) < 4.78 is 6.96. The van der Waals surface area contributed by atoms with Gasteiger partial charge in [0.1, 0.15) is 21.8 Å². The minimum atomic E-state index is -0.463. The highest BCUT2D eigenvalue weighted by Gasteiger charge is 2.23. The van der Waals surface area contributed by atoms with Crippen LogP contribution < -0.4 is 5.73 Å². The van der Waals surface area contributed by atoms with Crippen molar-refractivity contribution in [1.29, 1.82) is 5.26 Å². The number of nitrogens with zero attached hydrogens (tertiary/aromatic N) is 4. The molecule has 0 amide bonds. The first-order valence-corrected chi connectivity index (χ1v) is 8.95. The molecule has 24 heavy (non-hydrogen) atoms. The first kappa shape index (κ1) is 18.0. The minimum Gasteiger partial charge on any atom is -0.462 e. The molecule has 2 heterocycles. The molecule has 0 aliphatic rings. The molecule has 0 aromatic carbocycles. The number of carbonyl (C=O) groups is 1. The fourth-order valence-electron chi connectivity index (χ4n) is 2.05. The first-order valence-electron chi connectivity index (χ1n) is 7.15. The van der Waals surface area contributed by atoms with Crippen LogP contribution in [-0.2, 0) is 17.0 Å². The smallest absolute Gasteiger partial charge is 0.348 e. The van der Waals surface area contributed by atoms with Crippen LogP contribution in [0.25, 0.3) is 0 Å². The number of aryl methyl sites for hydroxylation is 1. The molecule has 7 nitrogen and oxygen atoms in total. The summed E-state index contributed by atoms with van der Waals surface area (Å²) in [5.74, 6) is 0.684. The predicted octanol–water partition coefficient (Wildman–Crippen LogP) is 2.76. The van der Waals surface area contributed by atoms with Crippen LogP contribution in [0.3, 0.4) is 0 Å². The maximum absolute atomic E-state index is 12.1. The van der Waals surface area contributed by atoms with Gasteiger partial charge < -0.3 is 15.0 Å². The maximum Gasteiger partial charge on any atom is 0.348 e. The molecular weight excluding hydrogens is 346 g/mol. The van der Waals surface area contributed by atoms with Crippen molar-refractivity contribution in [3.63, 3.8) is 0 Å². The Bertz CT molecular complexity index is 804. The number of thiophene rings is 1. The van der Waals surface area contributed by atoms with Crippen molar-refractivity contribution in [2.75, 3.05) is 12.3 Å². The molecular formula is C15H17N5O2S2. The number of hydrogen-bond donors (Lipinski definition) is 1. The van der Waals surface area contributed by atoms with E-state index in [2.05, 4.69) is 22.8 Å². The normalized spacial score (nSPS) is 10.4. The number of esters is 1. The molecule has 2 aromatic rings. The highest BCUT2D eigenvalue weighted by Crippen LogP contribution is 2.35. The van der Waals surface area contributed by atoms with Gasteiger partial charge in [0.25, 0.3) is 0 Å². The van der Waals surface area contributed by atoms with E-state index in [1.165, 1.54) is 11.8 Å². The average molecular weight is 363 g/mol. The van der Waals surface area contributed by atoms with Gasteiger partial charge in [-0.05, 0) is 13.8 Å². The third-order valence-electron chi connectivity index (χ3n) is 3.17. The second-order valence-corrected chi connectivity index (χ2v) is 6.69. The number of thioether (sulfide) groups is 1. The summed E-state index contributed by atoms with van der Waals surface area (Å²) in [4.78, 5) is 12.5. The molecule has 0 radical (unpaired) electrons. The molecule has 0 atom stereocenters. The van der Waals surface area contributed by atoms with Crippen molar-refractivity contribution in [1.82, 2.24) is 14.8 Å². The van der Waals surface area contributed by atoms with E-state index in [-0.39, 0.29) is 6.61 Å². The van der Waals surface area contributed by atoms with Gasteiger partial charge in [0.2, 0.25) is 0 Å². The second kappa shape index (κ2) is 7.99. The number of anilines is 1. The molecule has 0 fully saturated rings. The third kappa shape index (κ3) is 3.60. The van der Waals surface area contributed by atoms with E-state index in [0.717, 1.165) is 17.2 Å². The Balaban J connectivity index is 2.31. The summed E-state index contributed by atoms with van der Waals surface area (Å²) in [6.45, 7) is 8.15. The zero-order chi connectivity index (χ0) is 17.7. The highest BCUT2D eigenvalue weighted by atomic mass is 32.2. The van der Waals surface area contributed by atoms with Crippen LogP contribution in [-0.4, -0.2) is 27.3 Å². The van der Waals surface area contributed by atoms with Crippen molar-refractivity contribution >= 4 is 34.1 Å². The largest absolute Gasteiger partial charge is 0.462 e. The molecule has 0 saturated heterocycles. The molecule has 0 aliphatic heterocycles. The lowest BCUT2D eigenvalue weighted by Crippen LogP contribution is -2.06. The fourth-order valence-corrected chi connectivity index (χ4v) is 4.10. The van der Waals surface area contributed by atoms with E-state index in [1.54, 1.807) is 13.0 Å². The van der Waals surface area contributed by atoms with E-state index in [0.29, 0.717) is 38.5 Å². The molecule has 0 aliphatic carbocycles. The van der Waals surface area contributed by atoms with Crippen LogP contribution in [0, 0.1) is 18.3 Å². The molecule has 126 valence electrons. The van der Waals surface area contributed by atoms with Crippen LogP contribution in [0.2, 0.25) is 0 Å². The molecule has 9 heteroatoms. The maximum atomic E-state index is 12.1. The van der Waals surface area contributed by atoms with Crippen molar-refractivity contribution < 1.29 is 9.53 Å². The van der Waals surface area contributed by atoms with Gasteiger partial charge >= 0.3 is 5.97 Å². The Morgan fingerprint density at radius 3 is 2.96 bits per heavy atom. The van der Waals surface area contributed by atoms with Gasteiger partial charge in [-0.2, -0.15) is 5.26 Å². The second-order valence-electron chi connectivity index (χ2n) is 4.70. The number of nitriles is 1. The van der Waals surface area contributed by atoms with E-state index < -0.39 is 5.97 Å². The standard InChI is InChI=1S/C15H17N5O2S2/c1-4-6-20-9(3)18-19-15(20)23-8-11-10(7-16)13(17)24-12(11)14(21)22-5-2/h4H,1,5-6,8,17H2,2-3H3. The van der Waals surface area contributed by atoms with Crippen LogP contribution in [0.5, 0.6) is 0 Å². The number of carbonyl (C=O) groups excluding carboxylic acids is 1. The summed E-state index contributed by atoms with van der Waals surface area (Å²) in [6.07, 6.45) is 1.76. The molecule has 0 saturated carbocycles. The Morgan fingerprint density at radius 1 is 1.58 bits per heavy atom. The van der Waals surface area contributed by atoms with Crippen LogP contribution in [0.15, 0.2) is 17.8 Å². The number of allylic oxidation sites excluding steroid dienone is 1. The van der Waals surface area contributed by atoms with Crippen molar-refractivity contribution in [2.24, 2.45) is 0 Å². The summed E-state index contributed by atoms with van der Waals surface area (Å²) in [6, 6.07) is 2.07. The van der Waals surface area contributed by atoms with E-state index in [9.17, 15) is 10.1 Å². The van der Waals surface area contributed by atoms with Gasteiger partial charge in [0, 0.05) is 17.9 Å². The topological polar surface area (TPSA) is 107 Å². The summed E-state index contributed by atoms with van der Waals surface area (Å²) in [7, 11) is 0. The number of aromatic nitrogens is 3. The van der Waals surface area contributed by atoms with Gasteiger partial charge in [0.15, 0.2) is 5.16 Å². The molecule has 0 bridgehead atoms. The SMILES string of the molecule is C=CCn1c(C)nnc1SCc1c(C(=O)OCC)sc(N)c1C#N. The van der Waals surface area contributed by atoms with Crippen molar-refractivity contribution in [2.45, 2.75) is 31.3 Å². The zero-order valence-electron chi connectivity index (χ0n) is 13.4. The number of hydrogen-bond acceptors (Lipinski definition) is 8. The molecule has 2 aromatic heterocycles. The average Bonchev–Trinajstić information content (AvgIpc) is 3.06. The van der Waals surface area contributed by atoms with Gasteiger partial charge in [-0.3, -0.25) is 0 Å². The number of nitrogens with two attached hydrogens (primary N) is 1. The van der Waals surface area contributed by atoms with Crippen LogP contribution in [0.4, 0.5) is 5.00 Å². The Kier molecular flexibility index (Phi) is 6.00. The van der Waals surface area contributed by atoms with Gasteiger partial charge in [-0.25, -0.2) is 4.79 Å². The van der Waals surface area contributed by atoms with Crippen LogP contribution >= 0.6 is 23.1 Å². The summed E-state index contributed by atoms with van der Waals surface area (Å²) >= 11 is 2.46. The Hall–Kier alpha value is -2.31. The summed E-state index contributed by atoms with van der Waals surface area (Å²) in [5, 5.41) is 18.5. The summed E-state index contributed by atoms with van der Waals surface area (Å²) in [5.41, 5.74) is 6.77. The molecule has 0 spiro atoms. The molecule has 0 unspecified atom stereocenters. The Labute approximate surface area is 148 Å². The number of ether oxygens (including phenoxy) is 1. The first-order chi connectivity index (χ1) is 11.5. The fraction of sp³-hybridized carbons (Fsp3) is 0.333. The number of nitrogen functional groups attached to an aromatic ring is 1. The van der Waals surface area contributed by atoms with E-state index >= 15 is 0 Å². The predicted molar refractivity (Wildman–Crippen MR) is 93.9 cm³/mol. The highest BCUT2D eigenvalue weighted by molar-refractivity contribution is 7.98. The lowest BCUT2D eigenvalue weighted by Gasteiger charge is -2.06. The molecule has 2 N–H and O–H groups in total. The molecule has 2 rings (SSSR count). The lowest BCUT2D eigenvalue weighted by molar-refractivity contribution is 0.0531. The Morgan fingerprint density at radius 2 is 2.33 bits per heavy atom. The van der Waals surface area contributed by atoms with E-state index in [4.69, 9.17) is 10.5 Å². The van der Waals surface area contributed by atoms with Crippen LogP contribution in [0.1, 0.15) is 33.5 Å².